The summed E-state index contributed by atoms with van der Waals surface area (Å²) in [7, 11) is 0. The van der Waals surface area contributed by atoms with Gasteiger partial charge in [0.2, 0.25) is 5.91 Å². The van der Waals surface area contributed by atoms with Gasteiger partial charge in [-0.15, -0.1) is 0 Å². The fraction of sp³-hybridized carbons (Fsp3) is 0.625. The van der Waals surface area contributed by atoms with Gasteiger partial charge >= 0.3 is 6.18 Å². The molecule has 0 aromatic carbocycles. The highest BCUT2D eigenvalue weighted by Crippen LogP contribution is 2.32. The van der Waals surface area contributed by atoms with Crippen molar-refractivity contribution in [1.82, 2.24) is 9.88 Å². The lowest BCUT2D eigenvalue weighted by atomic mass is 9.95. The summed E-state index contributed by atoms with van der Waals surface area (Å²) in [4.78, 5) is 19.5. The first-order chi connectivity index (χ1) is 11.9. The molecule has 5 nitrogen and oxygen atoms in total. The molecule has 2 saturated heterocycles. The predicted octanol–water partition coefficient (Wildman–Crippen LogP) is 2.31. The minimum absolute atomic E-state index is 0.0730. The normalized spacial score (nSPS) is 20.0. The molecule has 0 N–H and O–H groups in total. The summed E-state index contributed by atoms with van der Waals surface area (Å²) in [5.74, 6) is -1.16. The van der Waals surface area contributed by atoms with Crippen molar-refractivity contribution in [2.45, 2.75) is 19.0 Å². The highest BCUT2D eigenvalue weighted by Gasteiger charge is 2.34. The van der Waals surface area contributed by atoms with E-state index in [4.69, 9.17) is 4.74 Å². The van der Waals surface area contributed by atoms with Crippen molar-refractivity contribution >= 4 is 11.7 Å². The summed E-state index contributed by atoms with van der Waals surface area (Å²) in [6.45, 7) is 2.99. The highest BCUT2D eigenvalue weighted by atomic mass is 19.4. The highest BCUT2D eigenvalue weighted by molar-refractivity contribution is 5.79. The third-order valence-electron chi connectivity index (χ3n) is 4.62. The van der Waals surface area contributed by atoms with Crippen LogP contribution in [-0.4, -0.2) is 55.2 Å². The maximum atomic E-state index is 14.0. The molecular formula is C16H19F4N3O2. The number of amides is 1. The number of ether oxygens (including phenoxy) is 1. The van der Waals surface area contributed by atoms with Crippen LogP contribution in [0.4, 0.5) is 23.4 Å². The molecule has 0 saturated carbocycles. The van der Waals surface area contributed by atoms with E-state index in [9.17, 15) is 22.4 Å². The van der Waals surface area contributed by atoms with Gasteiger partial charge in [0.05, 0.1) is 18.8 Å². The van der Waals surface area contributed by atoms with E-state index < -0.39 is 17.6 Å². The minimum Gasteiger partial charge on any atom is -0.378 e. The van der Waals surface area contributed by atoms with Crippen molar-refractivity contribution in [3.63, 3.8) is 0 Å². The van der Waals surface area contributed by atoms with Gasteiger partial charge in [-0.3, -0.25) is 4.79 Å². The van der Waals surface area contributed by atoms with Crippen LogP contribution >= 0.6 is 0 Å². The monoisotopic (exact) mass is 361 g/mol. The summed E-state index contributed by atoms with van der Waals surface area (Å²) in [5, 5.41) is 0. The number of nitrogens with zero attached hydrogens (tertiary/aromatic N) is 3. The van der Waals surface area contributed by atoms with E-state index >= 15 is 0 Å². The molecule has 2 aliphatic rings. The Balaban J connectivity index is 1.61. The standard InChI is InChI=1S/C16H19F4N3O2/c17-13-9-12(16(18,19)20)10-21-14(13)22-3-1-11(2-4-22)15(24)23-5-7-25-8-6-23/h9-11H,1-8H2. The third kappa shape index (κ3) is 4.02. The van der Waals surface area contributed by atoms with Crippen molar-refractivity contribution in [3.8, 4) is 0 Å². The molecular weight excluding hydrogens is 342 g/mol. The molecule has 138 valence electrons. The van der Waals surface area contributed by atoms with E-state index in [-0.39, 0.29) is 17.6 Å². The first kappa shape index (κ1) is 17.9. The van der Waals surface area contributed by atoms with Gasteiger partial charge in [-0.25, -0.2) is 9.37 Å². The lowest BCUT2D eigenvalue weighted by Crippen LogP contribution is -2.47. The Labute approximate surface area is 142 Å². The lowest BCUT2D eigenvalue weighted by molar-refractivity contribution is -0.140. The number of halogens is 4. The Kier molecular flexibility index (Phi) is 5.12. The van der Waals surface area contributed by atoms with Gasteiger partial charge in [0.25, 0.3) is 0 Å². The maximum Gasteiger partial charge on any atom is 0.417 e. The molecule has 1 aromatic heterocycles. The second kappa shape index (κ2) is 7.15. The van der Waals surface area contributed by atoms with Gasteiger partial charge in [0.1, 0.15) is 0 Å². The van der Waals surface area contributed by atoms with E-state index in [0.29, 0.717) is 64.5 Å². The van der Waals surface area contributed by atoms with Crippen LogP contribution in [0.25, 0.3) is 0 Å². The first-order valence-electron chi connectivity index (χ1n) is 8.20. The second-order valence-electron chi connectivity index (χ2n) is 6.23. The number of carbonyl (C=O) groups excluding carboxylic acids is 1. The Morgan fingerprint density at radius 2 is 1.80 bits per heavy atom. The van der Waals surface area contributed by atoms with Gasteiger partial charge < -0.3 is 14.5 Å². The first-order valence-corrected chi connectivity index (χ1v) is 8.20. The number of carbonyl (C=O) groups is 1. The maximum absolute atomic E-state index is 14.0. The van der Waals surface area contributed by atoms with Crippen LogP contribution in [0.5, 0.6) is 0 Å². The Hall–Kier alpha value is -1.90. The molecule has 0 bridgehead atoms. The Bertz CT molecular complexity index is 624. The van der Waals surface area contributed by atoms with Crippen molar-refractivity contribution in [2.24, 2.45) is 5.92 Å². The molecule has 0 radical (unpaired) electrons. The predicted molar refractivity (Wildman–Crippen MR) is 81.5 cm³/mol. The lowest BCUT2D eigenvalue weighted by Gasteiger charge is -2.36. The van der Waals surface area contributed by atoms with Crippen LogP contribution in [-0.2, 0) is 15.7 Å². The number of hydrogen-bond donors (Lipinski definition) is 0. The van der Waals surface area contributed by atoms with Crippen LogP contribution in [0, 0.1) is 11.7 Å². The van der Waals surface area contributed by atoms with Crippen molar-refractivity contribution in [1.29, 1.82) is 0 Å². The van der Waals surface area contributed by atoms with Gasteiger partial charge in [0.15, 0.2) is 11.6 Å². The molecule has 1 aromatic rings. The zero-order valence-electron chi connectivity index (χ0n) is 13.6. The van der Waals surface area contributed by atoms with Crippen LogP contribution in [0.2, 0.25) is 0 Å². The molecule has 0 aliphatic carbocycles. The van der Waals surface area contributed by atoms with E-state index in [2.05, 4.69) is 4.98 Å². The largest absolute Gasteiger partial charge is 0.417 e. The molecule has 25 heavy (non-hydrogen) atoms. The molecule has 9 heteroatoms. The van der Waals surface area contributed by atoms with Crippen molar-refractivity contribution in [2.75, 3.05) is 44.3 Å². The van der Waals surface area contributed by atoms with Crippen molar-refractivity contribution < 1.29 is 27.1 Å². The van der Waals surface area contributed by atoms with Gasteiger partial charge in [-0.2, -0.15) is 13.2 Å². The summed E-state index contributed by atoms with van der Waals surface area (Å²) in [6, 6.07) is 0.466. The number of piperidine rings is 1. The van der Waals surface area contributed by atoms with Crippen LogP contribution < -0.4 is 4.90 Å². The fourth-order valence-electron chi connectivity index (χ4n) is 3.20. The molecule has 2 fully saturated rings. The molecule has 0 spiro atoms. The molecule has 3 heterocycles. The summed E-state index contributed by atoms with van der Waals surface area (Å²) in [6.07, 6.45) is -2.93. The topological polar surface area (TPSA) is 45.7 Å². The average Bonchev–Trinajstić information content (AvgIpc) is 2.61. The Morgan fingerprint density at radius 3 is 2.36 bits per heavy atom. The fourth-order valence-corrected chi connectivity index (χ4v) is 3.20. The number of alkyl halides is 3. The molecule has 1 amide bonds. The minimum atomic E-state index is -4.62. The third-order valence-corrected chi connectivity index (χ3v) is 4.62. The van der Waals surface area contributed by atoms with E-state index in [0.717, 1.165) is 0 Å². The number of aromatic nitrogens is 1. The molecule has 0 atom stereocenters. The summed E-state index contributed by atoms with van der Waals surface area (Å²) in [5.41, 5.74) is -1.11. The molecule has 0 unspecified atom stereocenters. The number of morpholine rings is 1. The average molecular weight is 361 g/mol. The van der Waals surface area contributed by atoms with Crippen molar-refractivity contribution in [3.05, 3.63) is 23.6 Å². The molecule has 2 aliphatic heterocycles. The van der Waals surface area contributed by atoms with Crippen LogP contribution in [0.15, 0.2) is 12.3 Å². The molecule has 3 rings (SSSR count). The Morgan fingerprint density at radius 1 is 1.16 bits per heavy atom. The van der Waals surface area contributed by atoms with Gasteiger partial charge in [-0.1, -0.05) is 0 Å². The zero-order chi connectivity index (χ0) is 18.0. The van der Waals surface area contributed by atoms with E-state index in [1.54, 1.807) is 9.80 Å². The second-order valence-corrected chi connectivity index (χ2v) is 6.23. The van der Waals surface area contributed by atoms with Crippen LogP contribution in [0.1, 0.15) is 18.4 Å². The van der Waals surface area contributed by atoms with E-state index in [1.807, 2.05) is 0 Å². The number of pyridine rings is 1. The SMILES string of the molecule is O=C(C1CCN(c2ncc(C(F)(F)F)cc2F)CC1)N1CCOCC1. The number of hydrogen-bond acceptors (Lipinski definition) is 4. The summed E-state index contributed by atoms with van der Waals surface area (Å²) >= 11 is 0. The van der Waals surface area contributed by atoms with Gasteiger partial charge in [-0.05, 0) is 18.9 Å². The quantitative estimate of drug-likeness (QED) is 0.759. The number of rotatable bonds is 2. The zero-order valence-corrected chi connectivity index (χ0v) is 13.6. The smallest absolute Gasteiger partial charge is 0.378 e. The van der Waals surface area contributed by atoms with Crippen LogP contribution in [0.3, 0.4) is 0 Å². The number of anilines is 1. The van der Waals surface area contributed by atoms with Gasteiger partial charge in [0, 0.05) is 38.3 Å². The summed E-state index contributed by atoms with van der Waals surface area (Å²) < 4.78 is 57.0. The van der Waals surface area contributed by atoms with E-state index in [1.165, 1.54) is 0 Å².